The van der Waals surface area contributed by atoms with Gasteiger partial charge in [0.2, 0.25) is 15.9 Å². The number of rotatable bonds is 5. The molecule has 1 heterocycles. The lowest BCUT2D eigenvalue weighted by atomic mass is 10.1. The average Bonchev–Trinajstić information content (AvgIpc) is 2.73. The first kappa shape index (κ1) is 22.3. The maximum atomic E-state index is 12.8. The molecule has 1 saturated heterocycles. The van der Waals surface area contributed by atoms with Gasteiger partial charge in [0.1, 0.15) is 0 Å². The summed E-state index contributed by atoms with van der Waals surface area (Å²) in [6.07, 6.45) is 0. The van der Waals surface area contributed by atoms with Crippen LogP contribution >= 0.6 is 11.6 Å². The summed E-state index contributed by atoms with van der Waals surface area (Å²) in [5.74, 6) is -0.365. The van der Waals surface area contributed by atoms with Crippen LogP contribution in [0.3, 0.4) is 0 Å². The molecule has 1 N–H and O–H groups in total. The van der Waals surface area contributed by atoms with Gasteiger partial charge in [0.05, 0.1) is 10.9 Å². The molecule has 7 nitrogen and oxygen atoms in total. The van der Waals surface area contributed by atoms with Gasteiger partial charge in [-0.3, -0.25) is 9.59 Å². The fourth-order valence-electron chi connectivity index (χ4n) is 3.31. The Labute approximate surface area is 181 Å². The van der Waals surface area contributed by atoms with Crippen molar-refractivity contribution in [3.63, 3.8) is 0 Å². The summed E-state index contributed by atoms with van der Waals surface area (Å²) in [6, 6.07) is 12.9. The number of halogens is 1. The zero-order valence-electron chi connectivity index (χ0n) is 16.8. The highest BCUT2D eigenvalue weighted by molar-refractivity contribution is 7.89. The fourth-order valence-corrected chi connectivity index (χ4v) is 4.93. The van der Waals surface area contributed by atoms with Crippen LogP contribution < -0.4 is 5.32 Å². The third kappa shape index (κ3) is 5.00. The number of carbonyl (C=O) groups excluding carboxylic acids is 2. The summed E-state index contributed by atoms with van der Waals surface area (Å²) in [5, 5.41) is 3.47. The van der Waals surface area contributed by atoms with Gasteiger partial charge in [0, 0.05) is 43.7 Å². The maximum absolute atomic E-state index is 12.8. The van der Waals surface area contributed by atoms with Crippen LogP contribution in [-0.4, -0.2) is 55.6 Å². The smallest absolute Gasteiger partial charge is 0.251 e. The standard InChI is InChI=1S/C21H24ClN3O4S/c1-15(18-4-3-5-19(22)14-18)23-21(27)17-6-8-20(9-7-17)30(28,29)25-12-10-24(11-13-25)16(2)26/h3-9,14-15H,10-13H2,1-2H3,(H,23,27). The van der Waals surface area contributed by atoms with E-state index in [-0.39, 0.29) is 35.8 Å². The normalized spacial score (nSPS) is 16.2. The Morgan fingerprint density at radius 3 is 2.23 bits per heavy atom. The predicted molar refractivity (Wildman–Crippen MR) is 115 cm³/mol. The SMILES string of the molecule is CC(=O)N1CCN(S(=O)(=O)c2ccc(C(=O)NC(C)c3cccc(Cl)c3)cc2)CC1. The molecule has 2 aromatic carbocycles. The third-order valence-electron chi connectivity index (χ3n) is 5.13. The fraction of sp³-hybridized carbons (Fsp3) is 0.333. The van der Waals surface area contributed by atoms with E-state index in [0.717, 1.165) is 5.56 Å². The second-order valence-corrected chi connectivity index (χ2v) is 9.56. The molecule has 30 heavy (non-hydrogen) atoms. The lowest BCUT2D eigenvalue weighted by Gasteiger charge is -2.33. The van der Waals surface area contributed by atoms with Crippen LogP contribution in [0.4, 0.5) is 0 Å². The first-order valence-corrected chi connectivity index (χ1v) is 11.4. The van der Waals surface area contributed by atoms with Crippen molar-refractivity contribution >= 4 is 33.4 Å². The number of benzene rings is 2. The summed E-state index contributed by atoms with van der Waals surface area (Å²) in [5.41, 5.74) is 1.24. The molecule has 0 saturated carbocycles. The van der Waals surface area contributed by atoms with Gasteiger partial charge in [-0.25, -0.2) is 8.42 Å². The van der Waals surface area contributed by atoms with Crippen molar-refractivity contribution in [2.24, 2.45) is 0 Å². The highest BCUT2D eigenvalue weighted by Crippen LogP contribution is 2.20. The second kappa shape index (κ2) is 9.16. The van der Waals surface area contributed by atoms with Crippen molar-refractivity contribution in [3.05, 3.63) is 64.7 Å². The quantitative estimate of drug-likeness (QED) is 0.760. The lowest BCUT2D eigenvalue weighted by Crippen LogP contribution is -2.49. The molecule has 0 bridgehead atoms. The van der Waals surface area contributed by atoms with Crippen LogP contribution in [0.2, 0.25) is 5.02 Å². The summed E-state index contributed by atoms with van der Waals surface area (Å²) in [6.45, 7) is 4.57. The summed E-state index contributed by atoms with van der Waals surface area (Å²) in [4.78, 5) is 25.7. The number of amides is 2. The highest BCUT2D eigenvalue weighted by atomic mass is 35.5. The predicted octanol–water partition coefficient (Wildman–Crippen LogP) is 2.68. The van der Waals surface area contributed by atoms with E-state index in [1.807, 2.05) is 19.1 Å². The molecule has 0 aromatic heterocycles. The van der Waals surface area contributed by atoms with E-state index in [1.54, 1.807) is 17.0 Å². The number of hydrogen-bond donors (Lipinski definition) is 1. The lowest BCUT2D eigenvalue weighted by molar-refractivity contribution is -0.129. The van der Waals surface area contributed by atoms with E-state index in [1.165, 1.54) is 35.5 Å². The zero-order valence-corrected chi connectivity index (χ0v) is 18.4. The molecule has 3 rings (SSSR count). The molecule has 1 aliphatic rings. The van der Waals surface area contributed by atoms with Gasteiger partial charge in [0.25, 0.3) is 5.91 Å². The van der Waals surface area contributed by atoms with Crippen molar-refractivity contribution < 1.29 is 18.0 Å². The molecular weight excluding hydrogens is 426 g/mol. The summed E-state index contributed by atoms with van der Waals surface area (Å²) < 4.78 is 27.1. The van der Waals surface area contributed by atoms with E-state index in [0.29, 0.717) is 23.7 Å². The molecular formula is C21H24ClN3O4S. The van der Waals surface area contributed by atoms with Gasteiger partial charge in [0.15, 0.2) is 0 Å². The highest BCUT2D eigenvalue weighted by Gasteiger charge is 2.29. The molecule has 2 aromatic rings. The molecule has 0 radical (unpaired) electrons. The molecule has 2 amide bonds. The van der Waals surface area contributed by atoms with Crippen molar-refractivity contribution in [1.82, 2.24) is 14.5 Å². The van der Waals surface area contributed by atoms with Gasteiger partial charge in [-0.2, -0.15) is 4.31 Å². The van der Waals surface area contributed by atoms with Crippen LogP contribution in [0.25, 0.3) is 0 Å². The Bertz CT molecular complexity index is 1030. The molecule has 0 spiro atoms. The minimum Gasteiger partial charge on any atom is -0.346 e. The minimum atomic E-state index is -3.68. The molecule has 0 aliphatic carbocycles. The van der Waals surface area contributed by atoms with Crippen molar-refractivity contribution in [2.45, 2.75) is 24.8 Å². The monoisotopic (exact) mass is 449 g/mol. The number of carbonyl (C=O) groups is 2. The van der Waals surface area contributed by atoms with Gasteiger partial charge >= 0.3 is 0 Å². The largest absolute Gasteiger partial charge is 0.346 e. The second-order valence-electron chi connectivity index (χ2n) is 7.18. The molecule has 1 fully saturated rings. The van der Waals surface area contributed by atoms with Crippen LogP contribution in [-0.2, 0) is 14.8 Å². The van der Waals surface area contributed by atoms with E-state index >= 15 is 0 Å². The number of nitrogens with zero attached hydrogens (tertiary/aromatic N) is 2. The molecule has 160 valence electrons. The zero-order chi connectivity index (χ0) is 21.9. The molecule has 1 aliphatic heterocycles. The third-order valence-corrected chi connectivity index (χ3v) is 7.28. The Balaban J connectivity index is 1.66. The first-order valence-electron chi connectivity index (χ1n) is 9.60. The van der Waals surface area contributed by atoms with Crippen molar-refractivity contribution in [3.8, 4) is 0 Å². The summed E-state index contributed by atoms with van der Waals surface area (Å²) in [7, 11) is -3.68. The minimum absolute atomic E-state index is 0.0607. The van der Waals surface area contributed by atoms with Crippen LogP contribution in [0.5, 0.6) is 0 Å². The van der Waals surface area contributed by atoms with Gasteiger partial charge in [-0.05, 0) is 48.9 Å². The Morgan fingerprint density at radius 2 is 1.67 bits per heavy atom. The van der Waals surface area contributed by atoms with E-state index in [2.05, 4.69) is 5.32 Å². The molecule has 1 atom stereocenters. The first-order chi connectivity index (χ1) is 14.2. The number of piperazine rings is 1. The molecule has 1 unspecified atom stereocenters. The number of nitrogens with one attached hydrogen (secondary N) is 1. The van der Waals surface area contributed by atoms with E-state index < -0.39 is 10.0 Å². The Morgan fingerprint density at radius 1 is 1.03 bits per heavy atom. The summed E-state index contributed by atoms with van der Waals surface area (Å²) >= 11 is 6.00. The van der Waals surface area contributed by atoms with Crippen LogP contribution in [0, 0.1) is 0 Å². The topological polar surface area (TPSA) is 86.8 Å². The maximum Gasteiger partial charge on any atom is 0.251 e. The van der Waals surface area contributed by atoms with Crippen LogP contribution in [0.15, 0.2) is 53.4 Å². The number of hydrogen-bond acceptors (Lipinski definition) is 4. The number of sulfonamides is 1. The van der Waals surface area contributed by atoms with Gasteiger partial charge in [-0.1, -0.05) is 23.7 Å². The Kier molecular flexibility index (Phi) is 6.80. The molecule has 9 heteroatoms. The van der Waals surface area contributed by atoms with E-state index in [9.17, 15) is 18.0 Å². The van der Waals surface area contributed by atoms with Crippen molar-refractivity contribution in [2.75, 3.05) is 26.2 Å². The van der Waals surface area contributed by atoms with Crippen LogP contribution in [0.1, 0.15) is 35.8 Å². The Hall–Kier alpha value is -2.42. The van der Waals surface area contributed by atoms with E-state index in [4.69, 9.17) is 11.6 Å². The van der Waals surface area contributed by atoms with Crippen molar-refractivity contribution in [1.29, 1.82) is 0 Å². The van der Waals surface area contributed by atoms with Gasteiger partial charge in [-0.15, -0.1) is 0 Å². The average molecular weight is 450 g/mol. The van der Waals surface area contributed by atoms with Gasteiger partial charge < -0.3 is 10.2 Å².